The van der Waals surface area contributed by atoms with Gasteiger partial charge >= 0.3 is 5.97 Å². The number of carbonyl (C=O) groups is 1. The van der Waals surface area contributed by atoms with Gasteiger partial charge in [0.25, 0.3) is 10.0 Å². The lowest BCUT2D eigenvalue weighted by atomic mass is 10.1. The molecule has 0 heterocycles. The van der Waals surface area contributed by atoms with Crippen LogP contribution in [0.4, 0.5) is 5.69 Å². The summed E-state index contributed by atoms with van der Waals surface area (Å²) in [5.41, 5.74) is 0.534. The van der Waals surface area contributed by atoms with Crippen LogP contribution < -0.4 is 4.72 Å². The molecule has 2 rings (SSSR count). The van der Waals surface area contributed by atoms with Gasteiger partial charge in [0, 0.05) is 5.02 Å². The Morgan fingerprint density at radius 2 is 1.86 bits per heavy atom. The third-order valence-electron chi connectivity index (χ3n) is 2.68. The minimum absolute atomic E-state index is 0.0626. The largest absolute Gasteiger partial charge is 0.481 e. The summed E-state index contributed by atoms with van der Waals surface area (Å²) >= 11 is 5.81. The number of carboxylic acids is 1. The second kappa shape index (κ2) is 6.15. The Kier molecular flexibility index (Phi) is 4.50. The molecule has 0 fully saturated rings. The lowest BCUT2D eigenvalue weighted by Gasteiger charge is -2.11. The molecule has 0 aliphatic rings. The Morgan fingerprint density at radius 3 is 2.52 bits per heavy atom. The number of rotatable bonds is 5. The number of sulfonamides is 1. The van der Waals surface area contributed by atoms with Gasteiger partial charge in [0.1, 0.15) is 0 Å². The Bertz CT molecular complexity index is 774. The molecule has 0 amide bonds. The molecule has 2 N–H and O–H groups in total. The van der Waals surface area contributed by atoms with E-state index in [2.05, 4.69) is 4.72 Å². The second-order valence-electron chi connectivity index (χ2n) is 4.29. The molecule has 5 nitrogen and oxygen atoms in total. The molecule has 0 aliphatic heterocycles. The van der Waals surface area contributed by atoms with Gasteiger partial charge in [-0.15, -0.1) is 0 Å². The Morgan fingerprint density at radius 1 is 1.14 bits per heavy atom. The molecule has 0 atom stereocenters. The van der Waals surface area contributed by atoms with Crippen LogP contribution in [0, 0.1) is 0 Å². The maximum atomic E-state index is 12.4. The third kappa shape index (κ3) is 3.96. The zero-order valence-electron chi connectivity index (χ0n) is 10.8. The van der Waals surface area contributed by atoms with Crippen molar-refractivity contribution in [3.63, 3.8) is 0 Å². The van der Waals surface area contributed by atoms with Crippen LogP contribution in [0.15, 0.2) is 53.4 Å². The standard InChI is InChI=1S/C14H12ClNO4S/c15-11-5-3-6-12(9-11)16-21(19,20)13-7-2-1-4-10(13)8-14(17)18/h1-7,9,16H,8H2,(H,17,18). The fourth-order valence-electron chi connectivity index (χ4n) is 1.84. The molecular weight excluding hydrogens is 314 g/mol. The van der Waals surface area contributed by atoms with Crippen LogP contribution in [0.2, 0.25) is 5.02 Å². The first kappa shape index (κ1) is 15.3. The predicted molar refractivity (Wildman–Crippen MR) is 80.0 cm³/mol. The van der Waals surface area contributed by atoms with E-state index in [1.165, 1.54) is 24.3 Å². The quantitative estimate of drug-likeness (QED) is 0.885. The SMILES string of the molecule is O=C(O)Cc1ccccc1S(=O)(=O)Nc1cccc(Cl)c1. The average Bonchev–Trinajstić information content (AvgIpc) is 2.37. The van der Waals surface area contributed by atoms with Crippen molar-refractivity contribution in [3.05, 3.63) is 59.1 Å². The molecule has 0 aliphatic carbocycles. The Balaban J connectivity index is 2.38. The van der Waals surface area contributed by atoms with Gasteiger partial charge in [0.05, 0.1) is 17.0 Å². The molecule has 0 bridgehead atoms. The van der Waals surface area contributed by atoms with Crippen molar-refractivity contribution < 1.29 is 18.3 Å². The highest BCUT2D eigenvalue weighted by molar-refractivity contribution is 7.92. The molecule has 0 aromatic heterocycles. The van der Waals surface area contributed by atoms with E-state index in [1.807, 2.05) is 0 Å². The van der Waals surface area contributed by atoms with Crippen molar-refractivity contribution >= 4 is 33.3 Å². The number of hydrogen-bond acceptors (Lipinski definition) is 3. The van der Waals surface area contributed by atoms with Gasteiger partial charge < -0.3 is 5.11 Å². The van der Waals surface area contributed by atoms with Gasteiger partial charge in [-0.25, -0.2) is 8.42 Å². The maximum Gasteiger partial charge on any atom is 0.307 e. The molecular formula is C14H12ClNO4S. The number of halogens is 1. The van der Waals surface area contributed by atoms with E-state index in [0.717, 1.165) is 0 Å². The van der Waals surface area contributed by atoms with E-state index in [9.17, 15) is 13.2 Å². The minimum atomic E-state index is -3.88. The van der Waals surface area contributed by atoms with E-state index in [1.54, 1.807) is 24.3 Å². The molecule has 2 aromatic carbocycles. The van der Waals surface area contributed by atoms with Crippen LogP contribution in [0.3, 0.4) is 0 Å². The second-order valence-corrected chi connectivity index (χ2v) is 6.38. The first-order chi connectivity index (χ1) is 9.88. The summed E-state index contributed by atoms with van der Waals surface area (Å²) in [4.78, 5) is 10.8. The van der Waals surface area contributed by atoms with Crippen molar-refractivity contribution in [2.45, 2.75) is 11.3 Å². The molecule has 0 spiro atoms. The molecule has 21 heavy (non-hydrogen) atoms. The summed E-state index contributed by atoms with van der Waals surface area (Å²) in [5, 5.41) is 9.25. The fraction of sp³-hybridized carbons (Fsp3) is 0.0714. The summed E-state index contributed by atoms with van der Waals surface area (Å²) in [5.74, 6) is -1.10. The van der Waals surface area contributed by atoms with Gasteiger partial charge in [-0.05, 0) is 29.8 Å². The predicted octanol–water partition coefficient (Wildman–Crippen LogP) is 2.77. The minimum Gasteiger partial charge on any atom is -0.481 e. The number of anilines is 1. The summed E-state index contributed by atoms with van der Waals surface area (Å²) < 4.78 is 27.1. The van der Waals surface area contributed by atoms with E-state index in [4.69, 9.17) is 16.7 Å². The Hall–Kier alpha value is -2.05. The smallest absolute Gasteiger partial charge is 0.307 e. The van der Waals surface area contributed by atoms with E-state index >= 15 is 0 Å². The van der Waals surface area contributed by atoms with Crippen molar-refractivity contribution in [1.29, 1.82) is 0 Å². The monoisotopic (exact) mass is 325 g/mol. The van der Waals surface area contributed by atoms with Crippen molar-refractivity contribution in [3.8, 4) is 0 Å². The van der Waals surface area contributed by atoms with Crippen LogP contribution in [-0.4, -0.2) is 19.5 Å². The number of hydrogen-bond donors (Lipinski definition) is 2. The topological polar surface area (TPSA) is 83.5 Å². The number of nitrogens with one attached hydrogen (secondary N) is 1. The van der Waals surface area contributed by atoms with Gasteiger partial charge in [-0.3, -0.25) is 9.52 Å². The summed E-state index contributed by atoms with van der Waals surface area (Å²) in [6, 6.07) is 12.2. The van der Waals surface area contributed by atoms with Crippen molar-refractivity contribution in [2.24, 2.45) is 0 Å². The van der Waals surface area contributed by atoms with Gasteiger partial charge in [-0.2, -0.15) is 0 Å². The fourth-order valence-corrected chi connectivity index (χ4v) is 3.32. The van der Waals surface area contributed by atoms with Crippen LogP contribution in [0.25, 0.3) is 0 Å². The molecule has 0 radical (unpaired) electrons. The van der Waals surface area contributed by atoms with E-state index in [0.29, 0.717) is 10.7 Å². The number of benzene rings is 2. The number of carboxylic acid groups (broad SMARTS) is 1. The highest BCUT2D eigenvalue weighted by atomic mass is 35.5. The van der Waals surface area contributed by atoms with Gasteiger partial charge in [-0.1, -0.05) is 35.9 Å². The first-order valence-corrected chi connectivity index (χ1v) is 7.83. The van der Waals surface area contributed by atoms with Gasteiger partial charge in [0.15, 0.2) is 0 Å². The highest BCUT2D eigenvalue weighted by Crippen LogP contribution is 2.22. The van der Waals surface area contributed by atoms with E-state index in [-0.39, 0.29) is 16.9 Å². The first-order valence-electron chi connectivity index (χ1n) is 5.96. The molecule has 7 heteroatoms. The lowest BCUT2D eigenvalue weighted by Crippen LogP contribution is -2.16. The van der Waals surface area contributed by atoms with E-state index < -0.39 is 16.0 Å². The van der Waals surface area contributed by atoms with Crippen LogP contribution in [0.5, 0.6) is 0 Å². The Labute approximate surface area is 127 Å². The maximum absolute atomic E-state index is 12.4. The molecule has 0 saturated carbocycles. The van der Waals surface area contributed by atoms with Crippen LogP contribution >= 0.6 is 11.6 Å². The number of aliphatic carboxylic acids is 1. The summed E-state index contributed by atoms with van der Waals surface area (Å²) in [6.07, 6.45) is -0.368. The zero-order chi connectivity index (χ0) is 15.5. The molecule has 0 saturated heterocycles. The highest BCUT2D eigenvalue weighted by Gasteiger charge is 2.19. The third-order valence-corrected chi connectivity index (χ3v) is 4.40. The van der Waals surface area contributed by atoms with Crippen LogP contribution in [0.1, 0.15) is 5.56 Å². The van der Waals surface area contributed by atoms with Gasteiger partial charge in [0.2, 0.25) is 0 Å². The van der Waals surface area contributed by atoms with Crippen molar-refractivity contribution in [1.82, 2.24) is 0 Å². The lowest BCUT2D eigenvalue weighted by molar-refractivity contribution is -0.136. The molecule has 110 valence electrons. The summed E-state index contributed by atoms with van der Waals surface area (Å²) in [6.45, 7) is 0. The normalized spacial score (nSPS) is 11.1. The van der Waals surface area contributed by atoms with Crippen LogP contribution in [-0.2, 0) is 21.2 Å². The van der Waals surface area contributed by atoms with Crippen molar-refractivity contribution in [2.75, 3.05) is 4.72 Å². The molecule has 2 aromatic rings. The zero-order valence-corrected chi connectivity index (χ0v) is 12.4. The average molecular weight is 326 g/mol. The summed E-state index contributed by atoms with van der Waals surface area (Å²) in [7, 11) is -3.88. The molecule has 0 unspecified atom stereocenters.